The Hall–Kier alpha value is -0.0800. The van der Waals surface area contributed by atoms with E-state index in [0.717, 1.165) is 25.7 Å². The molecule has 1 heterocycles. The molecule has 2 aliphatic rings. The maximum absolute atomic E-state index is 10.1. The predicted octanol–water partition coefficient (Wildman–Crippen LogP) is 1.47. The van der Waals surface area contributed by atoms with Gasteiger partial charge in [-0.1, -0.05) is 12.8 Å². The molecule has 2 heteroatoms. The molecule has 0 unspecified atom stereocenters. The average Bonchev–Trinajstić information content (AvgIpc) is 2.46. The zero-order chi connectivity index (χ0) is 8.11. The molecule has 0 spiro atoms. The molecular formula is C9H16O2. The van der Waals surface area contributed by atoms with Crippen LogP contribution in [0.1, 0.15) is 39.5 Å². The molecule has 1 aliphatic carbocycles. The quantitative estimate of drug-likeness (QED) is 0.583. The molecule has 2 nitrogen and oxygen atoms in total. The van der Waals surface area contributed by atoms with Gasteiger partial charge in [0.15, 0.2) is 0 Å². The van der Waals surface area contributed by atoms with Gasteiger partial charge < -0.3 is 9.84 Å². The number of ether oxygens (including phenoxy) is 1. The summed E-state index contributed by atoms with van der Waals surface area (Å²) in [5.41, 5.74) is -0.726. The van der Waals surface area contributed by atoms with Gasteiger partial charge in [0.25, 0.3) is 0 Å². The summed E-state index contributed by atoms with van der Waals surface area (Å²) in [4.78, 5) is 0. The molecule has 2 rings (SSSR count). The van der Waals surface area contributed by atoms with Crippen molar-refractivity contribution >= 4 is 0 Å². The molecule has 64 valence electrons. The van der Waals surface area contributed by atoms with Gasteiger partial charge in [0.2, 0.25) is 0 Å². The molecule has 1 N–H and O–H groups in total. The highest BCUT2D eigenvalue weighted by Crippen LogP contribution is 2.51. The summed E-state index contributed by atoms with van der Waals surface area (Å²) < 4.78 is 5.44. The van der Waals surface area contributed by atoms with E-state index in [0.29, 0.717) is 0 Å². The van der Waals surface area contributed by atoms with Crippen LogP contribution < -0.4 is 0 Å². The second-order valence-corrected chi connectivity index (χ2v) is 4.11. The number of aliphatic hydroxyl groups is 1. The van der Waals surface area contributed by atoms with Crippen molar-refractivity contribution in [2.24, 2.45) is 0 Å². The van der Waals surface area contributed by atoms with Gasteiger partial charge in [0, 0.05) is 0 Å². The van der Waals surface area contributed by atoms with E-state index in [-0.39, 0.29) is 11.7 Å². The molecule has 0 radical (unpaired) electrons. The topological polar surface area (TPSA) is 32.8 Å². The summed E-state index contributed by atoms with van der Waals surface area (Å²) in [6, 6.07) is 0. The van der Waals surface area contributed by atoms with Crippen molar-refractivity contribution in [2.75, 3.05) is 0 Å². The van der Waals surface area contributed by atoms with E-state index in [9.17, 15) is 5.11 Å². The van der Waals surface area contributed by atoms with Gasteiger partial charge in [-0.2, -0.15) is 0 Å². The lowest BCUT2D eigenvalue weighted by molar-refractivity contribution is -0.0244. The van der Waals surface area contributed by atoms with Crippen LogP contribution >= 0.6 is 0 Å². The van der Waals surface area contributed by atoms with Crippen LogP contribution in [0.25, 0.3) is 0 Å². The van der Waals surface area contributed by atoms with E-state index in [1.165, 1.54) is 0 Å². The number of hydrogen-bond acceptors (Lipinski definition) is 2. The molecule has 2 atom stereocenters. The van der Waals surface area contributed by atoms with Gasteiger partial charge >= 0.3 is 0 Å². The zero-order valence-electron chi connectivity index (χ0n) is 7.26. The Bertz CT molecular complexity index is 172. The third-order valence-electron chi connectivity index (χ3n) is 3.49. The second-order valence-electron chi connectivity index (χ2n) is 4.11. The Balaban J connectivity index is 2.14. The van der Waals surface area contributed by atoms with Gasteiger partial charge in [-0.25, -0.2) is 0 Å². The van der Waals surface area contributed by atoms with Crippen LogP contribution in [0.2, 0.25) is 0 Å². The Morgan fingerprint density at radius 3 is 2.18 bits per heavy atom. The lowest BCUT2D eigenvalue weighted by Crippen LogP contribution is -2.41. The van der Waals surface area contributed by atoms with Gasteiger partial charge in [-0.15, -0.1) is 0 Å². The van der Waals surface area contributed by atoms with Crippen molar-refractivity contribution in [3.05, 3.63) is 0 Å². The minimum absolute atomic E-state index is 0.219. The molecule has 2 fully saturated rings. The molecule has 1 saturated carbocycles. The molecule has 11 heavy (non-hydrogen) atoms. The number of epoxide rings is 1. The molecule has 0 aromatic carbocycles. The molecule has 0 amide bonds. The first-order chi connectivity index (χ1) is 5.08. The van der Waals surface area contributed by atoms with Crippen molar-refractivity contribution in [3.8, 4) is 0 Å². The third-order valence-corrected chi connectivity index (χ3v) is 3.49. The van der Waals surface area contributed by atoms with Gasteiger partial charge in [0.05, 0.1) is 11.7 Å². The minimum Gasteiger partial charge on any atom is -0.387 e. The van der Waals surface area contributed by atoms with E-state index in [2.05, 4.69) is 0 Å². The number of hydrogen-bond donors (Lipinski definition) is 1. The van der Waals surface area contributed by atoms with Crippen LogP contribution in [0.5, 0.6) is 0 Å². The van der Waals surface area contributed by atoms with Crippen LogP contribution in [-0.4, -0.2) is 22.4 Å². The summed E-state index contributed by atoms with van der Waals surface area (Å²) >= 11 is 0. The van der Waals surface area contributed by atoms with Crippen LogP contribution in [-0.2, 0) is 4.74 Å². The fourth-order valence-electron chi connectivity index (χ4n) is 2.28. The Morgan fingerprint density at radius 1 is 1.36 bits per heavy atom. The SMILES string of the molecule is C[C@@H]1O[C@@]1(C)C1(O)CCCC1. The first kappa shape index (κ1) is 7.56. The van der Waals surface area contributed by atoms with Crippen molar-refractivity contribution in [1.29, 1.82) is 0 Å². The van der Waals surface area contributed by atoms with Crippen molar-refractivity contribution < 1.29 is 9.84 Å². The third kappa shape index (κ3) is 0.859. The monoisotopic (exact) mass is 156 g/mol. The van der Waals surface area contributed by atoms with Crippen molar-refractivity contribution in [1.82, 2.24) is 0 Å². The smallest absolute Gasteiger partial charge is 0.120 e. The largest absolute Gasteiger partial charge is 0.387 e. The van der Waals surface area contributed by atoms with Crippen molar-refractivity contribution in [2.45, 2.75) is 56.8 Å². The second kappa shape index (κ2) is 1.99. The van der Waals surface area contributed by atoms with Crippen LogP contribution in [0.15, 0.2) is 0 Å². The van der Waals surface area contributed by atoms with Crippen LogP contribution in [0.4, 0.5) is 0 Å². The minimum atomic E-state index is -0.508. The van der Waals surface area contributed by atoms with Gasteiger partial charge in [-0.05, 0) is 26.7 Å². The summed E-state index contributed by atoms with van der Waals surface area (Å²) in [6.45, 7) is 4.07. The highest BCUT2D eigenvalue weighted by atomic mass is 16.6. The van der Waals surface area contributed by atoms with Crippen molar-refractivity contribution in [3.63, 3.8) is 0 Å². The molecular weight excluding hydrogens is 140 g/mol. The van der Waals surface area contributed by atoms with Gasteiger partial charge in [-0.3, -0.25) is 0 Å². The Morgan fingerprint density at radius 2 is 1.82 bits per heavy atom. The summed E-state index contributed by atoms with van der Waals surface area (Å²) in [5, 5.41) is 10.1. The first-order valence-electron chi connectivity index (χ1n) is 4.49. The van der Waals surface area contributed by atoms with Crippen LogP contribution in [0, 0.1) is 0 Å². The normalized spacial score (nSPS) is 47.7. The van der Waals surface area contributed by atoms with E-state index < -0.39 is 5.60 Å². The van der Waals surface area contributed by atoms with E-state index >= 15 is 0 Å². The summed E-state index contributed by atoms with van der Waals surface area (Å²) in [6.07, 6.45) is 4.41. The molecule has 0 aromatic rings. The maximum atomic E-state index is 10.1. The molecule has 1 saturated heterocycles. The highest BCUT2D eigenvalue weighted by Gasteiger charge is 2.63. The zero-order valence-corrected chi connectivity index (χ0v) is 7.26. The summed E-state index contributed by atoms with van der Waals surface area (Å²) in [5.74, 6) is 0. The summed E-state index contributed by atoms with van der Waals surface area (Å²) in [7, 11) is 0. The number of rotatable bonds is 1. The molecule has 0 bridgehead atoms. The predicted molar refractivity (Wildman–Crippen MR) is 42.4 cm³/mol. The lowest BCUT2D eigenvalue weighted by Gasteiger charge is -2.27. The Kier molecular flexibility index (Phi) is 1.37. The average molecular weight is 156 g/mol. The van der Waals surface area contributed by atoms with Crippen LogP contribution in [0.3, 0.4) is 0 Å². The van der Waals surface area contributed by atoms with E-state index in [1.807, 2.05) is 13.8 Å². The maximum Gasteiger partial charge on any atom is 0.120 e. The fraction of sp³-hybridized carbons (Fsp3) is 1.00. The molecule has 1 aliphatic heterocycles. The highest BCUT2D eigenvalue weighted by molar-refractivity contribution is 5.12. The fourth-order valence-corrected chi connectivity index (χ4v) is 2.28. The molecule has 0 aromatic heterocycles. The Labute approximate surface area is 67.6 Å². The first-order valence-corrected chi connectivity index (χ1v) is 4.49. The van der Waals surface area contributed by atoms with Gasteiger partial charge in [0.1, 0.15) is 5.60 Å². The lowest BCUT2D eigenvalue weighted by atomic mass is 9.85. The van der Waals surface area contributed by atoms with E-state index in [1.54, 1.807) is 0 Å². The van der Waals surface area contributed by atoms with E-state index in [4.69, 9.17) is 4.74 Å². The standard InChI is InChI=1S/C9H16O2/c1-7-8(2,11-7)9(10)5-3-4-6-9/h7,10H,3-6H2,1-2H3/t7-,8+/m0/s1.